The monoisotopic (exact) mass is 507 g/mol. The van der Waals surface area contributed by atoms with Gasteiger partial charge in [0.2, 0.25) is 0 Å². The van der Waals surface area contributed by atoms with Gasteiger partial charge in [-0.05, 0) is 50.9 Å². The summed E-state index contributed by atoms with van der Waals surface area (Å²) in [6, 6.07) is 0. The molecule has 0 fully saturated rings. The van der Waals surface area contributed by atoms with Crippen molar-refractivity contribution in [2.75, 3.05) is 6.61 Å². The minimum Gasteiger partial charge on any atom is -0.396 e. The lowest BCUT2D eigenvalue weighted by molar-refractivity contribution is -0.119. The molecule has 2 nitrogen and oxygen atoms in total. The number of hydrogen-bond donors (Lipinski definition) is 1. The molecule has 0 bridgehead atoms. The second-order valence-electron chi connectivity index (χ2n) is 11.6. The first-order valence-electron chi connectivity index (χ1n) is 16.5. The molecule has 0 aromatic carbocycles. The van der Waals surface area contributed by atoms with Gasteiger partial charge in [0.25, 0.3) is 0 Å². The van der Waals surface area contributed by atoms with Crippen molar-refractivity contribution in [2.24, 2.45) is 5.92 Å². The number of carbonyl (C=O) groups excluding carboxylic acids is 1. The Morgan fingerprint density at radius 1 is 0.556 bits per heavy atom. The quantitative estimate of drug-likeness (QED) is 0.0776. The SMILES string of the molecule is CCCCCCCCC(C)CC/C=C/CCCCCCCCCC(=O)CCCCCCCCCCO. The zero-order chi connectivity index (χ0) is 26.4. The van der Waals surface area contributed by atoms with E-state index in [4.69, 9.17) is 5.11 Å². The lowest BCUT2D eigenvalue weighted by Gasteiger charge is -2.09. The van der Waals surface area contributed by atoms with Crippen LogP contribution in [0.2, 0.25) is 0 Å². The smallest absolute Gasteiger partial charge is 0.132 e. The van der Waals surface area contributed by atoms with Crippen molar-refractivity contribution in [1.29, 1.82) is 0 Å². The number of hydrogen-bond acceptors (Lipinski definition) is 2. The van der Waals surface area contributed by atoms with E-state index in [1.165, 1.54) is 135 Å². The fourth-order valence-electron chi connectivity index (χ4n) is 5.12. The predicted molar refractivity (Wildman–Crippen MR) is 161 cm³/mol. The van der Waals surface area contributed by atoms with Gasteiger partial charge in [-0.3, -0.25) is 4.79 Å². The molecule has 0 radical (unpaired) electrons. The molecule has 1 unspecified atom stereocenters. The van der Waals surface area contributed by atoms with E-state index in [1.54, 1.807) is 0 Å². The van der Waals surface area contributed by atoms with Gasteiger partial charge in [-0.1, -0.05) is 142 Å². The first kappa shape index (κ1) is 35.4. The number of ketones is 1. The zero-order valence-corrected chi connectivity index (χ0v) is 24.9. The first-order chi connectivity index (χ1) is 17.7. The third-order valence-electron chi connectivity index (χ3n) is 7.73. The molecule has 0 aliphatic rings. The molecule has 1 atom stereocenters. The van der Waals surface area contributed by atoms with Gasteiger partial charge < -0.3 is 5.11 Å². The summed E-state index contributed by atoms with van der Waals surface area (Å²) in [5, 5.41) is 8.77. The third kappa shape index (κ3) is 29.6. The standard InChI is InChI=1S/C34H66O2/c1-3-4-5-6-18-23-28-33(2)29-24-19-14-10-8-7-9-11-15-20-25-30-34(36)31-26-21-16-12-13-17-22-27-32-35/h14,19,33,35H,3-13,15-18,20-32H2,1-2H3/b19-14+. The molecule has 214 valence electrons. The average molecular weight is 507 g/mol. The Labute approximate surface area is 227 Å². The minimum absolute atomic E-state index is 0.332. The number of rotatable bonds is 30. The first-order valence-corrected chi connectivity index (χ1v) is 16.5. The summed E-state index contributed by atoms with van der Waals surface area (Å²) >= 11 is 0. The maximum absolute atomic E-state index is 12.0. The predicted octanol–water partition coefficient (Wildman–Crippen LogP) is 11.3. The van der Waals surface area contributed by atoms with Gasteiger partial charge in [-0.25, -0.2) is 0 Å². The highest BCUT2D eigenvalue weighted by Crippen LogP contribution is 2.17. The molecule has 0 saturated heterocycles. The van der Waals surface area contributed by atoms with Crippen LogP contribution in [0.5, 0.6) is 0 Å². The van der Waals surface area contributed by atoms with Crippen LogP contribution < -0.4 is 0 Å². The van der Waals surface area contributed by atoms with Crippen LogP contribution in [0.15, 0.2) is 12.2 Å². The summed E-state index contributed by atoms with van der Waals surface area (Å²) in [6.45, 7) is 5.06. The highest BCUT2D eigenvalue weighted by Gasteiger charge is 2.03. The molecule has 2 heteroatoms. The number of carbonyl (C=O) groups is 1. The number of allylic oxidation sites excluding steroid dienone is 2. The molecule has 0 rings (SSSR count). The molecule has 0 saturated carbocycles. The Morgan fingerprint density at radius 3 is 1.56 bits per heavy atom. The van der Waals surface area contributed by atoms with Crippen molar-refractivity contribution in [2.45, 2.75) is 187 Å². The van der Waals surface area contributed by atoms with E-state index in [0.717, 1.165) is 44.4 Å². The second-order valence-corrected chi connectivity index (χ2v) is 11.6. The molecule has 0 aliphatic heterocycles. The largest absolute Gasteiger partial charge is 0.396 e. The topological polar surface area (TPSA) is 37.3 Å². The Balaban J connectivity index is 3.27. The molecule has 0 heterocycles. The van der Waals surface area contributed by atoms with Gasteiger partial charge in [0.1, 0.15) is 5.78 Å². The van der Waals surface area contributed by atoms with E-state index < -0.39 is 0 Å². The highest BCUT2D eigenvalue weighted by atomic mass is 16.2. The van der Waals surface area contributed by atoms with Gasteiger partial charge in [0, 0.05) is 19.4 Å². The van der Waals surface area contributed by atoms with E-state index in [1.807, 2.05) is 0 Å². The maximum atomic E-state index is 12.0. The molecular formula is C34H66O2. The Morgan fingerprint density at radius 2 is 1.00 bits per heavy atom. The molecular weight excluding hydrogens is 440 g/mol. The molecule has 0 aliphatic carbocycles. The van der Waals surface area contributed by atoms with Crippen molar-refractivity contribution in [3.63, 3.8) is 0 Å². The zero-order valence-electron chi connectivity index (χ0n) is 24.9. The van der Waals surface area contributed by atoms with Crippen molar-refractivity contribution in [3.8, 4) is 0 Å². The lowest BCUT2D eigenvalue weighted by Crippen LogP contribution is -1.97. The van der Waals surface area contributed by atoms with E-state index in [-0.39, 0.29) is 0 Å². The molecule has 0 aromatic heterocycles. The Kier molecular flexibility index (Phi) is 30.1. The van der Waals surface area contributed by atoms with Crippen LogP contribution in [0.25, 0.3) is 0 Å². The molecule has 0 amide bonds. The van der Waals surface area contributed by atoms with E-state index in [2.05, 4.69) is 26.0 Å². The fourth-order valence-corrected chi connectivity index (χ4v) is 5.12. The number of unbranched alkanes of at least 4 members (excludes halogenated alkanes) is 19. The normalized spacial score (nSPS) is 12.5. The molecule has 0 aromatic rings. The van der Waals surface area contributed by atoms with Crippen molar-refractivity contribution >= 4 is 5.78 Å². The Hall–Kier alpha value is -0.630. The van der Waals surface area contributed by atoms with Gasteiger partial charge in [-0.15, -0.1) is 0 Å². The van der Waals surface area contributed by atoms with E-state index in [9.17, 15) is 4.79 Å². The van der Waals surface area contributed by atoms with E-state index >= 15 is 0 Å². The number of aliphatic hydroxyl groups is 1. The van der Waals surface area contributed by atoms with Gasteiger partial charge in [-0.2, -0.15) is 0 Å². The van der Waals surface area contributed by atoms with Crippen molar-refractivity contribution in [1.82, 2.24) is 0 Å². The lowest BCUT2D eigenvalue weighted by atomic mass is 9.97. The molecule has 36 heavy (non-hydrogen) atoms. The highest BCUT2D eigenvalue weighted by molar-refractivity contribution is 5.78. The maximum Gasteiger partial charge on any atom is 0.132 e. The van der Waals surface area contributed by atoms with Crippen LogP contribution in [0, 0.1) is 5.92 Å². The van der Waals surface area contributed by atoms with Gasteiger partial charge in [0.05, 0.1) is 0 Å². The average Bonchev–Trinajstić information content (AvgIpc) is 2.87. The van der Waals surface area contributed by atoms with Crippen LogP contribution in [0.1, 0.15) is 187 Å². The second kappa shape index (κ2) is 30.6. The summed E-state index contributed by atoms with van der Waals surface area (Å²) in [5.41, 5.74) is 0. The summed E-state index contributed by atoms with van der Waals surface area (Å²) in [6.07, 6.45) is 38.8. The number of Topliss-reactive ketones (excluding diaryl/α,β-unsaturated/α-hetero) is 1. The van der Waals surface area contributed by atoms with Crippen molar-refractivity contribution in [3.05, 3.63) is 12.2 Å². The van der Waals surface area contributed by atoms with Crippen LogP contribution in [0.3, 0.4) is 0 Å². The number of aliphatic hydroxyl groups excluding tert-OH is 1. The molecule has 1 N–H and O–H groups in total. The summed E-state index contributed by atoms with van der Waals surface area (Å²) < 4.78 is 0. The van der Waals surface area contributed by atoms with Crippen LogP contribution in [0.4, 0.5) is 0 Å². The Bertz CT molecular complexity index is 456. The van der Waals surface area contributed by atoms with Gasteiger partial charge >= 0.3 is 0 Å². The molecule has 0 spiro atoms. The minimum atomic E-state index is 0.332. The summed E-state index contributed by atoms with van der Waals surface area (Å²) in [7, 11) is 0. The van der Waals surface area contributed by atoms with E-state index in [0.29, 0.717) is 12.4 Å². The fraction of sp³-hybridized carbons (Fsp3) is 0.912. The van der Waals surface area contributed by atoms with Crippen LogP contribution in [-0.2, 0) is 4.79 Å². The van der Waals surface area contributed by atoms with Crippen LogP contribution in [-0.4, -0.2) is 17.5 Å². The van der Waals surface area contributed by atoms with Gasteiger partial charge in [0.15, 0.2) is 0 Å². The van der Waals surface area contributed by atoms with Crippen molar-refractivity contribution < 1.29 is 9.90 Å². The van der Waals surface area contributed by atoms with Crippen LogP contribution >= 0.6 is 0 Å². The summed E-state index contributed by atoms with van der Waals surface area (Å²) in [4.78, 5) is 12.0. The third-order valence-corrected chi connectivity index (χ3v) is 7.73. The summed E-state index contributed by atoms with van der Waals surface area (Å²) in [5.74, 6) is 1.38.